The van der Waals surface area contributed by atoms with E-state index >= 15 is 0 Å². The predicted molar refractivity (Wildman–Crippen MR) is 100.0 cm³/mol. The Morgan fingerprint density at radius 1 is 0.652 bits per heavy atom. The van der Waals surface area contributed by atoms with Crippen LogP contribution < -0.4 is 4.90 Å². The molecule has 0 aromatic heterocycles. The van der Waals surface area contributed by atoms with Crippen LogP contribution in [0.5, 0.6) is 0 Å². The fourth-order valence-electron chi connectivity index (χ4n) is 2.90. The number of nitrogens with zero attached hydrogens (tertiary/aromatic N) is 1. The molecule has 0 aliphatic rings. The first kappa shape index (κ1) is 15.4. The van der Waals surface area contributed by atoms with Gasteiger partial charge in [0.05, 0.1) is 0 Å². The van der Waals surface area contributed by atoms with Gasteiger partial charge in [-0.2, -0.15) is 0 Å². The van der Waals surface area contributed by atoms with Gasteiger partial charge < -0.3 is 4.90 Å². The lowest BCUT2D eigenvalue weighted by atomic mass is 10.1. The standard InChI is InChI=1S/C22H23N/c1-4-19-10-7-13-22(16-19)23(20-11-5-8-17(2)14-20)21-12-6-9-18(3)15-21/h5-16H,4H2,1-3H3. The first-order valence-corrected chi connectivity index (χ1v) is 8.20. The normalized spacial score (nSPS) is 10.6. The van der Waals surface area contributed by atoms with Crippen molar-refractivity contribution < 1.29 is 0 Å². The maximum absolute atomic E-state index is 2.33. The largest absolute Gasteiger partial charge is 0.310 e. The van der Waals surface area contributed by atoms with E-state index in [1.165, 1.54) is 33.8 Å². The first-order chi connectivity index (χ1) is 11.2. The van der Waals surface area contributed by atoms with Crippen molar-refractivity contribution in [3.8, 4) is 0 Å². The molecule has 0 saturated carbocycles. The van der Waals surface area contributed by atoms with Crippen LogP contribution in [0.4, 0.5) is 17.1 Å². The van der Waals surface area contributed by atoms with E-state index in [9.17, 15) is 0 Å². The molecular formula is C22H23N. The van der Waals surface area contributed by atoms with Gasteiger partial charge in [0.1, 0.15) is 0 Å². The lowest BCUT2D eigenvalue weighted by Gasteiger charge is -2.26. The smallest absolute Gasteiger partial charge is 0.0464 e. The van der Waals surface area contributed by atoms with Gasteiger partial charge in [0.15, 0.2) is 0 Å². The molecule has 0 radical (unpaired) electrons. The summed E-state index contributed by atoms with van der Waals surface area (Å²) in [6.07, 6.45) is 1.04. The quantitative estimate of drug-likeness (QED) is 0.544. The Morgan fingerprint density at radius 3 is 1.61 bits per heavy atom. The summed E-state index contributed by atoms with van der Waals surface area (Å²) in [6, 6.07) is 26.1. The number of aryl methyl sites for hydroxylation is 3. The molecule has 0 bridgehead atoms. The van der Waals surface area contributed by atoms with Crippen LogP contribution in [0, 0.1) is 13.8 Å². The van der Waals surface area contributed by atoms with Gasteiger partial charge in [-0.15, -0.1) is 0 Å². The van der Waals surface area contributed by atoms with Crippen LogP contribution in [0.15, 0.2) is 72.8 Å². The van der Waals surface area contributed by atoms with Crippen LogP contribution in [-0.4, -0.2) is 0 Å². The molecule has 0 heterocycles. The molecule has 0 aliphatic carbocycles. The van der Waals surface area contributed by atoms with E-state index in [1.807, 2.05) is 0 Å². The summed E-state index contributed by atoms with van der Waals surface area (Å²) in [5, 5.41) is 0. The van der Waals surface area contributed by atoms with Gasteiger partial charge in [0.25, 0.3) is 0 Å². The van der Waals surface area contributed by atoms with E-state index in [1.54, 1.807) is 0 Å². The highest BCUT2D eigenvalue weighted by Gasteiger charge is 2.12. The Balaban J connectivity index is 2.17. The molecule has 1 nitrogen and oxygen atoms in total. The fraction of sp³-hybridized carbons (Fsp3) is 0.182. The number of hydrogen-bond donors (Lipinski definition) is 0. The summed E-state index contributed by atoms with van der Waals surface area (Å²) >= 11 is 0. The minimum Gasteiger partial charge on any atom is -0.310 e. The molecule has 3 aromatic carbocycles. The third kappa shape index (κ3) is 3.45. The van der Waals surface area contributed by atoms with Gasteiger partial charge in [-0.3, -0.25) is 0 Å². The van der Waals surface area contributed by atoms with E-state index < -0.39 is 0 Å². The maximum Gasteiger partial charge on any atom is 0.0464 e. The monoisotopic (exact) mass is 301 g/mol. The molecule has 0 atom stereocenters. The summed E-state index contributed by atoms with van der Waals surface area (Å²) < 4.78 is 0. The second-order valence-electron chi connectivity index (χ2n) is 6.04. The van der Waals surface area contributed by atoms with Crippen LogP contribution in [0.25, 0.3) is 0 Å². The van der Waals surface area contributed by atoms with Crippen LogP contribution in [0.2, 0.25) is 0 Å². The van der Waals surface area contributed by atoms with Crippen molar-refractivity contribution in [1.29, 1.82) is 0 Å². The van der Waals surface area contributed by atoms with Crippen LogP contribution >= 0.6 is 0 Å². The molecule has 3 rings (SSSR count). The highest BCUT2D eigenvalue weighted by molar-refractivity contribution is 5.77. The van der Waals surface area contributed by atoms with Gasteiger partial charge >= 0.3 is 0 Å². The first-order valence-electron chi connectivity index (χ1n) is 8.20. The van der Waals surface area contributed by atoms with Crippen molar-refractivity contribution in [2.24, 2.45) is 0 Å². The average molecular weight is 301 g/mol. The summed E-state index contributed by atoms with van der Waals surface area (Å²) in [6.45, 7) is 6.48. The molecule has 0 unspecified atom stereocenters. The Labute approximate surface area is 139 Å². The molecule has 116 valence electrons. The van der Waals surface area contributed by atoms with Gasteiger partial charge in [-0.1, -0.05) is 43.3 Å². The molecule has 0 fully saturated rings. The lowest BCUT2D eigenvalue weighted by molar-refractivity contribution is 1.13. The van der Waals surface area contributed by atoms with Gasteiger partial charge in [0.2, 0.25) is 0 Å². The summed E-state index contributed by atoms with van der Waals surface area (Å²) in [5.74, 6) is 0. The molecule has 0 saturated heterocycles. The van der Waals surface area contributed by atoms with Crippen molar-refractivity contribution in [3.05, 3.63) is 89.5 Å². The molecule has 23 heavy (non-hydrogen) atoms. The molecule has 0 aliphatic heterocycles. The lowest BCUT2D eigenvalue weighted by Crippen LogP contribution is -2.10. The maximum atomic E-state index is 2.33. The topological polar surface area (TPSA) is 3.24 Å². The molecule has 3 aromatic rings. The third-order valence-electron chi connectivity index (χ3n) is 4.10. The summed E-state index contributed by atoms with van der Waals surface area (Å²) in [4.78, 5) is 2.33. The van der Waals surface area contributed by atoms with E-state index in [4.69, 9.17) is 0 Å². The Kier molecular flexibility index (Phi) is 4.47. The Hall–Kier alpha value is -2.54. The van der Waals surface area contributed by atoms with Crippen molar-refractivity contribution >= 4 is 17.1 Å². The minimum atomic E-state index is 1.04. The average Bonchev–Trinajstić information content (AvgIpc) is 2.55. The molecule has 0 N–H and O–H groups in total. The molecule has 1 heteroatoms. The minimum absolute atomic E-state index is 1.04. The zero-order chi connectivity index (χ0) is 16.2. The van der Waals surface area contributed by atoms with E-state index in [-0.39, 0.29) is 0 Å². The number of anilines is 3. The highest BCUT2D eigenvalue weighted by atomic mass is 15.1. The Bertz CT molecular complexity index is 759. The van der Waals surface area contributed by atoms with Gasteiger partial charge in [-0.05, 0) is 73.4 Å². The van der Waals surface area contributed by atoms with E-state index in [2.05, 4.69) is 98.5 Å². The summed E-state index contributed by atoms with van der Waals surface area (Å²) in [7, 11) is 0. The van der Waals surface area contributed by atoms with E-state index in [0.717, 1.165) is 6.42 Å². The number of rotatable bonds is 4. The zero-order valence-corrected chi connectivity index (χ0v) is 14.1. The van der Waals surface area contributed by atoms with Crippen molar-refractivity contribution in [2.75, 3.05) is 4.90 Å². The van der Waals surface area contributed by atoms with Crippen LogP contribution in [-0.2, 0) is 6.42 Å². The van der Waals surface area contributed by atoms with Crippen LogP contribution in [0.3, 0.4) is 0 Å². The molecule has 0 spiro atoms. The van der Waals surface area contributed by atoms with Crippen LogP contribution in [0.1, 0.15) is 23.6 Å². The number of benzene rings is 3. The van der Waals surface area contributed by atoms with Crippen molar-refractivity contribution in [1.82, 2.24) is 0 Å². The summed E-state index contributed by atoms with van der Waals surface area (Å²) in [5.41, 5.74) is 7.50. The SMILES string of the molecule is CCc1cccc(N(c2cccc(C)c2)c2cccc(C)c2)c1. The fourth-order valence-corrected chi connectivity index (χ4v) is 2.90. The Morgan fingerprint density at radius 2 is 1.13 bits per heavy atom. The molecular weight excluding hydrogens is 278 g/mol. The third-order valence-corrected chi connectivity index (χ3v) is 4.10. The van der Waals surface area contributed by atoms with Crippen molar-refractivity contribution in [2.45, 2.75) is 27.2 Å². The van der Waals surface area contributed by atoms with Gasteiger partial charge in [0, 0.05) is 17.1 Å². The van der Waals surface area contributed by atoms with Crippen molar-refractivity contribution in [3.63, 3.8) is 0 Å². The predicted octanol–water partition coefficient (Wildman–Crippen LogP) is 6.34. The second-order valence-corrected chi connectivity index (χ2v) is 6.04. The van der Waals surface area contributed by atoms with Gasteiger partial charge in [-0.25, -0.2) is 0 Å². The molecule has 0 amide bonds. The second kappa shape index (κ2) is 6.70. The number of hydrogen-bond acceptors (Lipinski definition) is 1. The highest BCUT2D eigenvalue weighted by Crippen LogP contribution is 2.35. The van der Waals surface area contributed by atoms with E-state index in [0.29, 0.717) is 0 Å². The zero-order valence-electron chi connectivity index (χ0n) is 14.1.